The van der Waals surface area contributed by atoms with Crippen LogP contribution in [0.5, 0.6) is 0 Å². The highest BCUT2D eigenvalue weighted by molar-refractivity contribution is 6.17. The van der Waals surface area contributed by atoms with Gasteiger partial charge in [-0.2, -0.15) is 0 Å². The van der Waals surface area contributed by atoms with Crippen molar-refractivity contribution in [3.05, 3.63) is 35.8 Å². The number of pyridine rings is 1. The van der Waals surface area contributed by atoms with Crippen molar-refractivity contribution in [3.63, 3.8) is 0 Å². The van der Waals surface area contributed by atoms with E-state index in [2.05, 4.69) is 4.98 Å². The Balaban J connectivity index is 0.000000845. The first-order valence-corrected chi connectivity index (χ1v) is 4.33. The summed E-state index contributed by atoms with van der Waals surface area (Å²) in [5.74, 6) is 0.549. The second-order valence-electron chi connectivity index (χ2n) is 2.82. The van der Waals surface area contributed by atoms with Gasteiger partial charge in [-0.25, -0.2) is 4.98 Å². The Labute approximate surface area is 88.0 Å². The largest absolute Gasteiger partial charge is 0.307 e. The van der Waals surface area contributed by atoms with Crippen LogP contribution in [0.2, 0.25) is 0 Å². The maximum absolute atomic E-state index is 5.70. The molecule has 0 amide bonds. The fourth-order valence-electron chi connectivity index (χ4n) is 1.24. The lowest BCUT2D eigenvalue weighted by Gasteiger charge is -1.95. The summed E-state index contributed by atoms with van der Waals surface area (Å²) in [7, 11) is 0. The van der Waals surface area contributed by atoms with Gasteiger partial charge in [0.15, 0.2) is 0 Å². The van der Waals surface area contributed by atoms with Gasteiger partial charge in [-0.3, -0.25) is 0 Å². The number of hydrogen-bond acceptors (Lipinski definition) is 1. The molecule has 0 unspecified atom stereocenters. The number of fused-ring (bicyclic) bond motifs is 1. The van der Waals surface area contributed by atoms with Crippen LogP contribution in [-0.2, 0) is 5.88 Å². The van der Waals surface area contributed by atoms with E-state index in [0.717, 1.165) is 16.9 Å². The van der Waals surface area contributed by atoms with Crippen molar-refractivity contribution in [2.24, 2.45) is 0 Å². The van der Waals surface area contributed by atoms with E-state index in [4.69, 9.17) is 11.6 Å². The Bertz CT molecular complexity index is 409. The predicted molar refractivity (Wildman–Crippen MR) is 56.7 cm³/mol. The molecule has 0 radical (unpaired) electrons. The fourth-order valence-corrected chi connectivity index (χ4v) is 1.40. The van der Waals surface area contributed by atoms with E-state index in [-0.39, 0.29) is 12.4 Å². The summed E-state index contributed by atoms with van der Waals surface area (Å²) in [4.78, 5) is 4.31. The molecule has 0 aliphatic rings. The third kappa shape index (κ3) is 1.95. The topological polar surface area (TPSA) is 17.3 Å². The molecule has 0 aromatic carbocycles. The molecule has 70 valence electrons. The summed E-state index contributed by atoms with van der Waals surface area (Å²) in [6.45, 7) is 1.98. The first-order valence-electron chi connectivity index (χ1n) is 3.80. The van der Waals surface area contributed by atoms with Crippen molar-refractivity contribution in [2.75, 3.05) is 0 Å². The highest BCUT2D eigenvalue weighted by Gasteiger charge is 1.97. The average molecular weight is 217 g/mol. The minimum Gasteiger partial charge on any atom is -0.307 e. The lowest BCUT2D eigenvalue weighted by Crippen LogP contribution is -1.85. The Morgan fingerprint density at radius 3 is 2.85 bits per heavy atom. The minimum absolute atomic E-state index is 0. The van der Waals surface area contributed by atoms with Crippen molar-refractivity contribution >= 4 is 29.7 Å². The molecule has 0 aliphatic heterocycles. The molecule has 0 atom stereocenters. The van der Waals surface area contributed by atoms with Crippen LogP contribution in [0.1, 0.15) is 11.3 Å². The SMILES string of the molecule is Cc1cn2cc(CCl)ccc2n1.Cl. The van der Waals surface area contributed by atoms with Gasteiger partial charge in [0.05, 0.1) is 5.69 Å². The van der Waals surface area contributed by atoms with Gasteiger partial charge in [0, 0.05) is 18.3 Å². The van der Waals surface area contributed by atoms with Crippen molar-refractivity contribution in [1.82, 2.24) is 9.38 Å². The van der Waals surface area contributed by atoms with Gasteiger partial charge in [0.1, 0.15) is 5.65 Å². The number of halogens is 2. The van der Waals surface area contributed by atoms with Gasteiger partial charge in [-0.15, -0.1) is 24.0 Å². The van der Waals surface area contributed by atoms with Gasteiger partial charge >= 0.3 is 0 Å². The average Bonchev–Trinajstić information content (AvgIpc) is 2.43. The standard InChI is InChI=1S/C9H9ClN2.ClH/c1-7-5-12-6-8(4-10)2-3-9(12)11-7;/h2-3,5-6H,4H2,1H3;1H. The molecular weight excluding hydrogens is 207 g/mol. The molecule has 2 heterocycles. The second-order valence-corrected chi connectivity index (χ2v) is 3.09. The molecule has 0 saturated carbocycles. The number of aromatic nitrogens is 2. The molecule has 0 fully saturated rings. The number of aryl methyl sites for hydroxylation is 1. The van der Waals surface area contributed by atoms with Crippen LogP contribution < -0.4 is 0 Å². The zero-order valence-electron chi connectivity index (χ0n) is 7.20. The molecule has 2 aromatic rings. The second kappa shape index (κ2) is 3.99. The van der Waals surface area contributed by atoms with Crippen LogP contribution in [0.3, 0.4) is 0 Å². The highest BCUT2D eigenvalue weighted by Crippen LogP contribution is 2.08. The van der Waals surface area contributed by atoms with Gasteiger partial charge in [0.2, 0.25) is 0 Å². The highest BCUT2D eigenvalue weighted by atomic mass is 35.5. The molecule has 0 spiro atoms. The Hall–Kier alpha value is -0.730. The quantitative estimate of drug-likeness (QED) is 0.671. The lowest BCUT2D eigenvalue weighted by molar-refractivity contribution is 1.14. The maximum atomic E-state index is 5.70. The number of imidazole rings is 1. The van der Waals surface area contributed by atoms with E-state index < -0.39 is 0 Å². The van der Waals surface area contributed by atoms with Crippen LogP contribution in [0, 0.1) is 6.92 Å². The van der Waals surface area contributed by atoms with Crippen LogP contribution in [0.15, 0.2) is 24.5 Å². The Kier molecular flexibility index (Phi) is 3.17. The molecular formula is C9H10Cl2N2. The van der Waals surface area contributed by atoms with E-state index >= 15 is 0 Å². The summed E-state index contributed by atoms with van der Waals surface area (Å²) < 4.78 is 1.99. The molecule has 2 nitrogen and oxygen atoms in total. The lowest BCUT2D eigenvalue weighted by atomic mass is 10.3. The number of alkyl halides is 1. The first-order chi connectivity index (χ1) is 5.79. The smallest absolute Gasteiger partial charge is 0.136 e. The Morgan fingerprint density at radius 2 is 2.15 bits per heavy atom. The van der Waals surface area contributed by atoms with E-state index in [1.165, 1.54) is 0 Å². The summed E-state index contributed by atoms with van der Waals surface area (Å²) >= 11 is 5.70. The van der Waals surface area contributed by atoms with E-state index in [9.17, 15) is 0 Å². The molecule has 0 aliphatic carbocycles. The minimum atomic E-state index is 0. The van der Waals surface area contributed by atoms with E-state index in [1.54, 1.807) is 0 Å². The molecule has 2 rings (SSSR count). The van der Waals surface area contributed by atoms with Crippen LogP contribution >= 0.6 is 24.0 Å². The first kappa shape index (κ1) is 10.4. The molecule has 13 heavy (non-hydrogen) atoms. The number of hydrogen-bond donors (Lipinski definition) is 0. The van der Waals surface area contributed by atoms with Gasteiger partial charge in [0.25, 0.3) is 0 Å². The summed E-state index contributed by atoms with van der Waals surface area (Å²) in [6, 6.07) is 3.97. The van der Waals surface area contributed by atoms with Gasteiger partial charge < -0.3 is 4.40 Å². The number of rotatable bonds is 1. The van der Waals surface area contributed by atoms with Crippen LogP contribution in [0.4, 0.5) is 0 Å². The van der Waals surface area contributed by atoms with Crippen molar-refractivity contribution in [3.8, 4) is 0 Å². The molecule has 4 heteroatoms. The Morgan fingerprint density at radius 1 is 1.38 bits per heavy atom. The zero-order valence-corrected chi connectivity index (χ0v) is 8.77. The maximum Gasteiger partial charge on any atom is 0.136 e. The van der Waals surface area contributed by atoms with Gasteiger partial charge in [-0.1, -0.05) is 6.07 Å². The third-order valence-electron chi connectivity index (χ3n) is 1.79. The molecule has 0 bridgehead atoms. The summed E-state index contributed by atoms with van der Waals surface area (Å²) in [6.07, 6.45) is 3.99. The molecule has 0 saturated heterocycles. The number of nitrogens with zero attached hydrogens (tertiary/aromatic N) is 2. The third-order valence-corrected chi connectivity index (χ3v) is 2.10. The van der Waals surface area contributed by atoms with Crippen molar-refractivity contribution in [2.45, 2.75) is 12.8 Å². The normalized spacial score (nSPS) is 10.0. The van der Waals surface area contributed by atoms with E-state index in [0.29, 0.717) is 5.88 Å². The molecule has 2 aromatic heterocycles. The van der Waals surface area contributed by atoms with Crippen LogP contribution in [-0.4, -0.2) is 9.38 Å². The molecule has 0 N–H and O–H groups in total. The van der Waals surface area contributed by atoms with Crippen LogP contribution in [0.25, 0.3) is 5.65 Å². The monoisotopic (exact) mass is 216 g/mol. The predicted octanol–water partition coefficient (Wildman–Crippen LogP) is 2.80. The van der Waals surface area contributed by atoms with E-state index in [1.807, 2.05) is 35.9 Å². The summed E-state index contributed by atoms with van der Waals surface area (Å²) in [5.41, 5.74) is 3.12. The van der Waals surface area contributed by atoms with Crippen molar-refractivity contribution in [1.29, 1.82) is 0 Å². The fraction of sp³-hybridized carbons (Fsp3) is 0.222. The zero-order chi connectivity index (χ0) is 8.55. The summed E-state index contributed by atoms with van der Waals surface area (Å²) in [5, 5.41) is 0. The van der Waals surface area contributed by atoms with Crippen molar-refractivity contribution < 1.29 is 0 Å². The van der Waals surface area contributed by atoms with Gasteiger partial charge in [-0.05, 0) is 18.6 Å².